The van der Waals surface area contributed by atoms with E-state index in [1.807, 2.05) is 19.9 Å². The fourth-order valence-corrected chi connectivity index (χ4v) is 1.18. The summed E-state index contributed by atoms with van der Waals surface area (Å²) in [6.07, 6.45) is 0. The number of nitrogens with zero attached hydrogens (tertiary/aromatic N) is 2. The number of aryl methyl sites for hydroxylation is 2. The molecule has 15 heavy (non-hydrogen) atoms. The number of anilines is 1. The van der Waals surface area contributed by atoms with Crippen LogP contribution in [-0.2, 0) is 0 Å². The van der Waals surface area contributed by atoms with E-state index >= 15 is 0 Å². The molecule has 0 radical (unpaired) electrons. The lowest BCUT2D eigenvalue weighted by Gasteiger charge is -2.06. The highest BCUT2D eigenvalue weighted by Crippen LogP contribution is 2.04. The Morgan fingerprint density at radius 1 is 1.40 bits per heavy atom. The molecule has 6 heteroatoms. The molecular weight excluding hydrogens is 194 g/mol. The van der Waals surface area contributed by atoms with Gasteiger partial charge in [-0.2, -0.15) is 0 Å². The fraction of sp³-hybridized carbons (Fsp3) is 0.444. The number of aromatic nitrogens is 2. The Morgan fingerprint density at radius 2 is 2.13 bits per heavy atom. The van der Waals surface area contributed by atoms with Crippen LogP contribution in [0.3, 0.4) is 0 Å². The first-order valence-electron chi connectivity index (χ1n) is 4.67. The van der Waals surface area contributed by atoms with E-state index in [2.05, 4.69) is 20.6 Å². The highest BCUT2D eigenvalue weighted by molar-refractivity contribution is 5.71. The van der Waals surface area contributed by atoms with Crippen molar-refractivity contribution in [3.05, 3.63) is 17.6 Å². The summed E-state index contributed by atoms with van der Waals surface area (Å²) in [4.78, 5) is 18.7. The predicted octanol–water partition coefficient (Wildman–Crippen LogP) is 0.174. The van der Waals surface area contributed by atoms with E-state index in [1.165, 1.54) is 0 Å². The number of carbonyl (C=O) groups excluding carboxylic acids is 1. The second kappa shape index (κ2) is 5.14. The van der Waals surface area contributed by atoms with Gasteiger partial charge in [0.15, 0.2) is 0 Å². The van der Waals surface area contributed by atoms with Crippen LogP contribution in [0.1, 0.15) is 11.5 Å². The van der Waals surface area contributed by atoms with Crippen LogP contribution in [0.15, 0.2) is 6.07 Å². The van der Waals surface area contributed by atoms with Crippen molar-refractivity contribution < 1.29 is 4.79 Å². The highest BCUT2D eigenvalue weighted by Gasteiger charge is 1.97. The Labute approximate surface area is 88.3 Å². The molecule has 82 valence electrons. The monoisotopic (exact) mass is 209 g/mol. The van der Waals surface area contributed by atoms with Crippen molar-refractivity contribution in [1.29, 1.82) is 0 Å². The van der Waals surface area contributed by atoms with E-state index < -0.39 is 6.03 Å². The summed E-state index contributed by atoms with van der Waals surface area (Å²) in [6.45, 7) is 4.79. The molecule has 0 saturated carbocycles. The second-order valence-electron chi connectivity index (χ2n) is 3.16. The standard InChI is InChI=1S/C9H15N5O/c1-6-5-8(14-7(2)13-6)11-3-4-12-9(10)15/h5H,3-4H2,1-2H3,(H3,10,12,15)(H,11,13,14). The van der Waals surface area contributed by atoms with Crippen LogP contribution in [0.5, 0.6) is 0 Å². The van der Waals surface area contributed by atoms with Crippen molar-refractivity contribution in [3.8, 4) is 0 Å². The van der Waals surface area contributed by atoms with E-state index in [0.29, 0.717) is 13.1 Å². The molecule has 0 atom stereocenters. The Bertz CT molecular complexity index is 332. The Hall–Kier alpha value is -1.85. The topological polar surface area (TPSA) is 92.9 Å². The summed E-state index contributed by atoms with van der Waals surface area (Å²) in [5.74, 6) is 1.48. The van der Waals surface area contributed by atoms with Crippen LogP contribution in [0.25, 0.3) is 0 Å². The molecule has 1 aromatic heterocycles. The van der Waals surface area contributed by atoms with E-state index in [1.54, 1.807) is 0 Å². The lowest BCUT2D eigenvalue weighted by Crippen LogP contribution is -2.33. The van der Waals surface area contributed by atoms with Gasteiger partial charge in [0.25, 0.3) is 0 Å². The lowest BCUT2D eigenvalue weighted by atomic mass is 10.4. The third-order valence-corrected chi connectivity index (χ3v) is 1.70. The van der Waals surface area contributed by atoms with Crippen LogP contribution < -0.4 is 16.4 Å². The van der Waals surface area contributed by atoms with E-state index in [0.717, 1.165) is 17.3 Å². The summed E-state index contributed by atoms with van der Waals surface area (Å²) < 4.78 is 0. The largest absolute Gasteiger partial charge is 0.368 e. The maximum Gasteiger partial charge on any atom is 0.312 e. The van der Waals surface area contributed by atoms with Gasteiger partial charge >= 0.3 is 6.03 Å². The Morgan fingerprint density at radius 3 is 2.73 bits per heavy atom. The van der Waals surface area contributed by atoms with Crippen molar-refractivity contribution in [3.63, 3.8) is 0 Å². The van der Waals surface area contributed by atoms with Crippen LogP contribution >= 0.6 is 0 Å². The first-order chi connectivity index (χ1) is 7.08. The number of amides is 2. The van der Waals surface area contributed by atoms with Gasteiger partial charge < -0.3 is 16.4 Å². The highest BCUT2D eigenvalue weighted by atomic mass is 16.2. The molecule has 0 aliphatic carbocycles. The van der Waals surface area contributed by atoms with Crippen LogP contribution in [0, 0.1) is 13.8 Å². The van der Waals surface area contributed by atoms with Gasteiger partial charge in [-0.1, -0.05) is 0 Å². The average Bonchev–Trinajstić information content (AvgIpc) is 2.10. The van der Waals surface area contributed by atoms with Crippen LogP contribution in [-0.4, -0.2) is 29.1 Å². The predicted molar refractivity (Wildman–Crippen MR) is 57.6 cm³/mol. The molecule has 0 aliphatic heterocycles. The normalized spacial score (nSPS) is 9.73. The van der Waals surface area contributed by atoms with Crippen LogP contribution in [0.2, 0.25) is 0 Å². The number of nitrogens with two attached hydrogens (primary N) is 1. The molecule has 2 amide bonds. The van der Waals surface area contributed by atoms with Gasteiger partial charge in [-0.05, 0) is 13.8 Å². The zero-order valence-electron chi connectivity index (χ0n) is 8.87. The number of rotatable bonds is 4. The quantitative estimate of drug-likeness (QED) is 0.616. The molecule has 0 spiro atoms. The number of carbonyl (C=O) groups is 1. The van der Waals surface area contributed by atoms with Gasteiger partial charge in [0.2, 0.25) is 0 Å². The zero-order valence-corrected chi connectivity index (χ0v) is 8.87. The molecule has 0 unspecified atom stereocenters. The van der Waals surface area contributed by atoms with Gasteiger partial charge in [-0.3, -0.25) is 0 Å². The SMILES string of the molecule is Cc1cc(NCCNC(N)=O)nc(C)n1. The molecule has 1 heterocycles. The number of nitrogens with one attached hydrogen (secondary N) is 2. The van der Waals surface area contributed by atoms with Gasteiger partial charge in [0, 0.05) is 24.8 Å². The fourth-order valence-electron chi connectivity index (χ4n) is 1.18. The minimum atomic E-state index is -0.521. The summed E-state index contributed by atoms with van der Waals surface area (Å²) >= 11 is 0. The zero-order chi connectivity index (χ0) is 11.3. The second-order valence-corrected chi connectivity index (χ2v) is 3.16. The molecule has 6 nitrogen and oxygen atoms in total. The molecule has 0 bridgehead atoms. The lowest BCUT2D eigenvalue weighted by molar-refractivity contribution is 0.249. The molecule has 0 aromatic carbocycles. The molecule has 0 aliphatic rings. The summed E-state index contributed by atoms with van der Waals surface area (Å²) in [6, 6.07) is 1.32. The maximum absolute atomic E-state index is 10.4. The smallest absolute Gasteiger partial charge is 0.312 e. The number of hydrogen-bond acceptors (Lipinski definition) is 4. The van der Waals surface area contributed by atoms with Gasteiger partial charge in [0.05, 0.1) is 0 Å². The minimum Gasteiger partial charge on any atom is -0.368 e. The maximum atomic E-state index is 10.4. The summed E-state index contributed by atoms with van der Waals surface area (Å²) in [5, 5.41) is 5.54. The first-order valence-corrected chi connectivity index (χ1v) is 4.67. The van der Waals surface area contributed by atoms with E-state index in [-0.39, 0.29) is 0 Å². The van der Waals surface area contributed by atoms with E-state index in [9.17, 15) is 4.79 Å². The average molecular weight is 209 g/mol. The Kier molecular flexibility index (Phi) is 3.84. The molecule has 0 fully saturated rings. The van der Waals surface area contributed by atoms with Crippen molar-refractivity contribution >= 4 is 11.8 Å². The third kappa shape index (κ3) is 4.26. The molecular formula is C9H15N5O. The van der Waals surface area contributed by atoms with Crippen molar-refractivity contribution in [2.75, 3.05) is 18.4 Å². The number of hydrogen-bond donors (Lipinski definition) is 3. The van der Waals surface area contributed by atoms with Gasteiger partial charge in [-0.15, -0.1) is 0 Å². The molecule has 4 N–H and O–H groups in total. The van der Waals surface area contributed by atoms with E-state index in [4.69, 9.17) is 5.73 Å². The minimum absolute atomic E-state index is 0.470. The number of urea groups is 1. The third-order valence-electron chi connectivity index (χ3n) is 1.70. The molecule has 1 rings (SSSR count). The molecule has 1 aromatic rings. The summed E-state index contributed by atoms with van der Waals surface area (Å²) in [7, 11) is 0. The van der Waals surface area contributed by atoms with Gasteiger partial charge in [0.1, 0.15) is 11.6 Å². The Balaban J connectivity index is 2.40. The summed E-state index contributed by atoms with van der Waals surface area (Å²) in [5.41, 5.74) is 5.83. The van der Waals surface area contributed by atoms with Crippen molar-refractivity contribution in [2.45, 2.75) is 13.8 Å². The molecule has 0 saturated heterocycles. The first kappa shape index (κ1) is 11.2. The van der Waals surface area contributed by atoms with Crippen molar-refractivity contribution in [1.82, 2.24) is 15.3 Å². The van der Waals surface area contributed by atoms with Crippen molar-refractivity contribution in [2.24, 2.45) is 5.73 Å². The number of primary amides is 1. The van der Waals surface area contributed by atoms with Crippen LogP contribution in [0.4, 0.5) is 10.6 Å². The van der Waals surface area contributed by atoms with Gasteiger partial charge in [-0.25, -0.2) is 14.8 Å².